The van der Waals surface area contributed by atoms with Crippen LogP contribution in [-0.4, -0.2) is 11.3 Å². The molecule has 2 unspecified atom stereocenters. The molecular weight excluding hydrogens is 850 g/mol. The van der Waals surface area contributed by atoms with Crippen molar-refractivity contribution < 1.29 is 69.8 Å². The van der Waals surface area contributed by atoms with Gasteiger partial charge in [0.2, 0.25) is 0 Å². The van der Waals surface area contributed by atoms with Crippen molar-refractivity contribution >= 4 is 37.1 Å². The molecule has 0 N–H and O–H groups in total. The molecule has 3 atom stereocenters. The van der Waals surface area contributed by atoms with Crippen LogP contribution in [0, 0.1) is 20.8 Å². The molecule has 57 heavy (non-hydrogen) atoms. The van der Waals surface area contributed by atoms with Crippen LogP contribution in [0.15, 0.2) is 97.1 Å². The number of hydrogen-bond acceptors (Lipinski definition) is 0. The summed E-state index contributed by atoms with van der Waals surface area (Å²) in [6.45, 7) is 1.87. The minimum atomic E-state index is -4.61. The maximum atomic E-state index is 13.4. The van der Waals surface area contributed by atoms with E-state index in [1.807, 2.05) is 6.92 Å². The summed E-state index contributed by atoms with van der Waals surface area (Å²) in [6.07, 6.45) is -9.10. The third-order valence-electron chi connectivity index (χ3n) is 10.0. The van der Waals surface area contributed by atoms with Crippen molar-refractivity contribution in [2.45, 2.75) is 94.3 Å². The molecule has 4 aromatic rings. The van der Waals surface area contributed by atoms with E-state index < -0.39 is 62.8 Å². The normalized spacial score (nSPS) is 17.9. The fourth-order valence-corrected chi connectivity index (χ4v) is 13.6. The van der Waals surface area contributed by atoms with E-state index >= 15 is 0 Å². The van der Waals surface area contributed by atoms with Crippen LogP contribution in [0.5, 0.6) is 0 Å². The molecule has 2 saturated carbocycles. The van der Waals surface area contributed by atoms with Crippen molar-refractivity contribution in [1.82, 2.24) is 0 Å². The molecule has 4 aromatic carbocycles. The molecule has 2 aliphatic carbocycles. The Bertz CT molecular complexity index is 1660. The minimum absolute atomic E-state index is 0. The van der Waals surface area contributed by atoms with E-state index in [9.17, 15) is 52.7 Å². The Morgan fingerprint density at radius 2 is 0.684 bits per heavy atom. The zero-order valence-corrected chi connectivity index (χ0v) is 34.3. The quantitative estimate of drug-likeness (QED) is 0.0750. The smallest absolute Gasteiger partial charge is 0.358 e. The van der Waals surface area contributed by atoms with Gasteiger partial charge in [-0.15, -0.1) is 0 Å². The van der Waals surface area contributed by atoms with E-state index in [1.54, 1.807) is 0 Å². The molecule has 0 saturated heterocycles. The van der Waals surface area contributed by atoms with E-state index in [0.29, 0.717) is 40.5 Å². The van der Waals surface area contributed by atoms with Crippen LogP contribution >= 0.6 is 15.8 Å². The maximum absolute atomic E-state index is 13.4. The van der Waals surface area contributed by atoms with Crippen LogP contribution in [0.1, 0.15) is 80.5 Å². The zero-order valence-electron chi connectivity index (χ0n) is 31.4. The zero-order chi connectivity index (χ0) is 39.5. The Balaban J connectivity index is 0.00000130. The van der Waals surface area contributed by atoms with Crippen molar-refractivity contribution in [2.24, 2.45) is 5.92 Å². The van der Waals surface area contributed by atoms with Gasteiger partial charge in [-0.05, 0) is 116 Å². The Morgan fingerprint density at radius 3 is 0.947 bits per heavy atom. The first-order valence-electron chi connectivity index (χ1n) is 17.5. The van der Waals surface area contributed by atoms with Crippen molar-refractivity contribution in [3.05, 3.63) is 134 Å². The van der Waals surface area contributed by atoms with Crippen LogP contribution in [0.4, 0.5) is 52.7 Å². The van der Waals surface area contributed by atoms with E-state index in [4.69, 9.17) is 0 Å². The summed E-state index contributed by atoms with van der Waals surface area (Å²) >= 11 is 0. The second kappa shape index (κ2) is 20.6. The first-order chi connectivity index (χ1) is 25.2. The van der Waals surface area contributed by atoms with Crippen molar-refractivity contribution in [2.75, 3.05) is 0 Å². The Kier molecular flexibility index (Phi) is 18.3. The van der Waals surface area contributed by atoms with E-state index in [-0.39, 0.29) is 49.2 Å². The summed E-state index contributed by atoms with van der Waals surface area (Å²) in [6, 6.07) is 18.0. The van der Waals surface area contributed by atoms with Crippen LogP contribution in [0.3, 0.4) is 0 Å². The van der Waals surface area contributed by atoms with Gasteiger partial charge < -0.3 is 14.9 Å². The van der Waals surface area contributed by atoms with Crippen LogP contribution in [-0.2, 0) is 41.8 Å². The summed E-state index contributed by atoms with van der Waals surface area (Å²) < 4.78 is 161. The molecule has 0 amide bonds. The molecule has 0 nitrogen and oxygen atoms in total. The Hall–Kier alpha value is -2.58. The molecule has 2 fully saturated rings. The molecule has 6 rings (SSSR count). The molecule has 0 spiro atoms. The van der Waals surface area contributed by atoms with Gasteiger partial charge in [-0.3, -0.25) is 0 Å². The Labute approximate surface area is 340 Å². The number of hydrogen-bond donors (Lipinski definition) is 0. The molecule has 0 bridgehead atoms. The van der Waals surface area contributed by atoms with Gasteiger partial charge in [0.15, 0.2) is 0 Å². The second-order valence-electron chi connectivity index (χ2n) is 13.6. The van der Waals surface area contributed by atoms with Gasteiger partial charge in [0.25, 0.3) is 0 Å². The minimum Gasteiger partial charge on any atom is -0.358 e. The second-order valence-corrected chi connectivity index (χ2v) is 18.6. The number of halogens is 12. The fourth-order valence-electron chi connectivity index (χ4n) is 7.32. The van der Waals surface area contributed by atoms with Crippen molar-refractivity contribution in [3.8, 4) is 0 Å². The van der Waals surface area contributed by atoms with Gasteiger partial charge in [-0.2, -0.15) is 52.7 Å². The van der Waals surface area contributed by atoms with E-state index in [0.717, 1.165) is 48.5 Å². The molecule has 0 aromatic heterocycles. The molecule has 2 aliphatic rings. The molecule has 0 heterocycles. The number of benzene rings is 4. The average Bonchev–Trinajstić information content (AvgIpc) is 3.85. The first kappa shape index (κ1) is 50.6. The summed E-state index contributed by atoms with van der Waals surface area (Å²) in [5.74, 6) is -0.216. The number of alkyl halides is 12. The molecular formula is C42H44F12FeP2. The summed E-state index contributed by atoms with van der Waals surface area (Å²) in [5.41, 5.74) is -4.15. The summed E-state index contributed by atoms with van der Waals surface area (Å²) in [4.78, 5) is 0. The van der Waals surface area contributed by atoms with Crippen molar-refractivity contribution in [1.29, 1.82) is 0 Å². The van der Waals surface area contributed by atoms with Gasteiger partial charge in [0.1, 0.15) is 0 Å². The summed E-state index contributed by atoms with van der Waals surface area (Å²) in [5, 5.41) is 2.02. The fraction of sp³-hybridized carbons (Fsp3) is 0.381. The summed E-state index contributed by atoms with van der Waals surface area (Å²) in [7, 11) is -3.12. The van der Waals surface area contributed by atoms with Gasteiger partial charge in [-0.1, -0.05) is 94.0 Å². The first-order valence-corrected chi connectivity index (χ1v) is 20.3. The monoisotopic (exact) mass is 894 g/mol. The van der Waals surface area contributed by atoms with Crippen LogP contribution in [0.2, 0.25) is 0 Å². The predicted molar refractivity (Wildman–Crippen MR) is 205 cm³/mol. The molecule has 0 aliphatic heterocycles. The van der Waals surface area contributed by atoms with Crippen LogP contribution < -0.4 is 21.2 Å². The third-order valence-corrected chi connectivity index (χ3v) is 16.0. The Morgan fingerprint density at radius 1 is 0.421 bits per heavy atom. The molecule has 15 heteroatoms. The van der Waals surface area contributed by atoms with Crippen LogP contribution in [0.25, 0.3) is 0 Å². The molecule has 0 radical (unpaired) electrons. The van der Waals surface area contributed by atoms with Gasteiger partial charge in [-0.25, -0.2) is 0 Å². The SMILES string of the molecule is C1CCCC1.C[C@@H](C1CCCC1P(c1ccc(C(F)(F)F)cc1)c1ccc(C(F)(F)F)cc1)P(c1ccc(C(F)(F)F)cc1)c1ccc(C(F)(F)F)cc1.[CH3-].[CH3-].[Fe+2]. The van der Waals surface area contributed by atoms with E-state index in [1.165, 1.54) is 80.6 Å². The third kappa shape index (κ3) is 13.0. The van der Waals surface area contributed by atoms with Crippen molar-refractivity contribution in [3.63, 3.8) is 0 Å². The standard InChI is InChI=1S/C35H28F12P2.C5H10.2CH3.Fe/c1-21(48(26-13-5-22(6-14-26)32(36,37)38)27-15-7-23(8-16-27)33(39,40)41)30-3-2-4-31(30)49(28-17-9-24(10-18-28)34(42,43)44)29-19-11-25(12-20-29)35(45,46)47;1-2-4-5-3-1;;;/h5-21,30-31H,2-4H2,1H3;1-5H2;2*1H3;/q;;2*-1;+2/t21-,30?,31?;;;;/m0..../s1. The van der Waals surface area contributed by atoms with Gasteiger partial charge in [0, 0.05) is 0 Å². The van der Waals surface area contributed by atoms with E-state index in [2.05, 4.69) is 0 Å². The van der Waals surface area contributed by atoms with Gasteiger partial charge in [0.05, 0.1) is 22.3 Å². The molecule has 314 valence electrons. The van der Waals surface area contributed by atoms with Gasteiger partial charge >= 0.3 is 41.8 Å². The predicted octanol–water partition coefficient (Wildman–Crippen LogP) is 13.7. The topological polar surface area (TPSA) is 0 Å². The number of rotatable bonds is 7. The largest absolute Gasteiger partial charge is 2.00 e. The maximum Gasteiger partial charge on any atom is 2.00 e. The average molecular weight is 895 g/mol.